The number of ether oxygens (including phenoxy) is 1. The van der Waals surface area contributed by atoms with Crippen LogP contribution >= 0.6 is 0 Å². The lowest BCUT2D eigenvalue weighted by atomic mass is 10.1. The zero-order valence-corrected chi connectivity index (χ0v) is 14.0. The molecule has 0 radical (unpaired) electrons. The maximum absolute atomic E-state index is 5.85. The van der Waals surface area contributed by atoms with Gasteiger partial charge in [0.25, 0.3) is 0 Å². The summed E-state index contributed by atoms with van der Waals surface area (Å²) < 4.78 is 7.81. The number of hydrogen-bond donors (Lipinski definition) is 1. The monoisotopic (exact) mass is 301 g/mol. The number of nitrogens with zero attached hydrogens (tertiary/aromatic N) is 2. The molecule has 0 aliphatic heterocycles. The van der Waals surface area contributed by atoms with Crippen LogP contribution in [0.4, 0.5) is 0 Å². The molecular weight excluding hydrogens is 274 g/mol. The van der Waals surface area contributed by atoms with Crippen LogP contribution in [0, 0.1) is 0 Å². The van der Waals surface area contributed by atoms with Crippen LogP contribution in [0.15, 0.2) is 42.7 Å². The van der Waals surface area contributed by atoms with Crippen molar-refractivity contribution in [2.75, 3.05) is 6.54 Å². The van der Waals surface area contributed by atoms with E-state index < -0.39 is 0 Å². The number of benzene rings is 1. The van der Waals surface area contributed by atoms with Gasteiger partial charge in [0.15, 0.2) is 0 Å². The van der Waals surface area contributed by atoms with Gasteiger partial charge in [0.2, 0.25) is 0 Å². The smallest absolute Gasteiger partial charge is 0.120 e. The third-order valence-corrected chi connectivity index (χ3v) is 3.38. The number of aromatic nitrogens is 2. The van der Waals surface area contributed by atoms with Crippen molar-refractivity contribution in [1.29, 1.82) is 0 Å². The molecule has 1 aromatic carbocycles. The molecule has 0 saturated carbocycles. The van der Waals surface area contributed by atoms with Crippen molar-refractivity contribution in [3.8, 4) is 5.75 Å². The largest absolute Gasteiger partial charge is 0.488 e. The number of hydrogen-bond acceptors (Lipinski definition) is 3. The van der Waals surface area contributed by atoms with Crippen LogP contribution in [0.3, 0.4) is 0 Å². The minimum atomic E-state index is -0.155. The fraction of sp³-hybridized carbons (Fsp3) is 0.500. The van der Waals surface area contributed by atoms with E-state index in [9.17, 15) is 0 Å². The molecule has 0 spiro atoms. The van der Waals surface area contributed by atoms with Gasteiger partial charge in [-0.05, 0) is 64.4 Å². The first kappa shape index (κ1) is 16.6. The van der Waals surface area contributed by atoms with Gasteiger partial charge in [0, 0.05) is 25.0 Å². The molecule has 1 aromatic heterocycles. The molecule has 0 unspecified atom stereocenters. The zero-order valence-electron chi connectivity index (χ0n) is 14.0. The Morgan fingerprint density at radius 1 is 1.23 bits per heavy atom. The summed E-state index contributed by atoms with van der Waals surface area (Å²) in [5.41, 5.74) is 1.12. The van der Waals surface area contributed by atoms with Gasteiger partial charge in [-0.1, -0.05) is 12.1 Å². The summed E-state index contributed by atoms with van der Waals surface area (Å²) in [5.74, 6) is 0.919. The molecule has 2 aromatic rings. The van der Waals surface area contributed by atoms with E-state index in [4.69, 9.17) is 4.74 Å². The molecule has 0 aliphatic carbocycles. The third kappa shape index (κ3) is 5.53. The summed E-state index contributed by atoms with van der Waals surface area (Å²) in [6, 6.07) is 10.6. The van der Waals surface area contributed by atoms with Crippen molar-refractivity contribution in [1.82, 2.24) is 15.1 Å². The minimum Gasteiger partial charge on any atom is -0.488 e. The average Bonchev–Trinajstić information content (AvgIpc) is 2.95. The molecule has 0 saturated heterocycles. The fourth-order valence-corrected chi connectivity index (χ4v) is 2.29. The Labute approximate surface area is 133 Å². The van der Waals surface area contributed by atoms with Crippen LogP contribution < -0.4 is 10.1 Å². The SMILES string of the molecule is C[C@@H](NCCCn1cccn1)c1ccc(OC(C)(C)C)cc1. The van der Waals surface area contributed by atoms with E-state index in [-0.39, 0.29) is 5.60 Å². The molecule has 120 valence electrons. The Bertz CT molecular complexity index is 541. The Balaban J connectivity index is 1.76. The standard InChI is InChI=1S/C18H27N3O/c1-15(19-11-5-13-21-14-6-12-20-21)16-7-9-17(10-8-16)22-18(2,3)4/h6-10,12,14-15,19H,5,11,13H2,1-4H3/t15-/m1/s1. The summed E-state index contributed by atoms with van der Waals surface area (Å²) in [6.07, 6.45) is 4.88. The molecule has 1 N–H and O–H groups in total. The second-order valence-electron chi connectivity index (χ2n) is 6.58. The van der Waals surface area contributed by atoms with E-state index in [0.29, 0.717) is 6.04 Å². The van der Waals surface area contributed by atoms with E-state index in [1.165, 1.54) is 5.56 Å². The molecule has 22 heavy (non-hydrogen) atoms. The van der Waals surface area contributed by atoms with Crippen molar-refractivity contribution in [2.45, 2.75) is 52.3 Å². The zero-order chi connectivity index (χ0) is 16.0. The average molecular weight is 301 g/mol. The second kappa shape index (κ2) is 7.45. The number of rotatable bonds is 7. The first-order chi connectivity index (χ1) is 10.4. The molecule has 0 bridgehead atoms. The van der Waals surface area contributed by atoms with Gasteiger partial charge in [0.05, 0.1) is 0 Å². The molecule has 0 amide bonds. The predicted molar refractivity (Wildman–Crippen MR) is 90.1 cm³/mol. The van der Waals surface area contributed by atoms with Crippen LogP contribution in [0.25, 0.3) is 0 Å². The summed E-state index contributed by atoms with van der Waals surface area (Å²) in [5, 5.41) is 7.75. The quantitative estimate of drug-likeness (QED) is 0.791. The van der Waals surface area contributed by atoms with Crippen LogP contribution in [0.1, 0.15) is 45.7 Å². The minimum absolute atomic E-state index is 0.155. The lowest BCUT2D eigenvalue weighted by Gasteiger charge is -2.22. The second-order valence-corrected chi connectivity index (χ2v) is 6.58. The van der Waals surface area contributed by atoms with Crippen LogP contribution in [0.5, 0.6) is 5.75 Å². The van der Waals surface area contributed by atoms with E-state index in [0.717, 1.165) is 25.3 Å². The van der Waals surface area contributed by atoms with Crippen molar-refractivity contribution in [2.24, 2.45) is 0 Å². The van der Waals surface area contributed by atoms with E-state index in [2.05, 4.69) is 50.2 Å². The highest BCUT2D eigenvalue weighted by Gasteiger charge is 2.12. The Hall–Kier alpha value is -1.81. The molecule has 4 nitrogen and oxygen atoms in total. The number of aryl methyl sites for hydroxylation is 1. The van der Waals surface area contributed by atoms with Crippen LogP contribution in [-0.2, 0) is 6.54 Å². The summed E-state index contributed by atoms with van der Waals surface area (Å²) >= 11 is 0. The molecule has 4 heteroatoms. The third-order valence-electron chi connectivity index (χ3n) is 3.38. The van der Waals surface area contributed by atoms with Gasteiger partial charge in [-0.15, -0.1) is 0 Å². The van der Waals surface area contributed by atoms with Crippen LogP contribution in [-0.4, -0.2) is 21.9 Å². The van der Waals surface area contributed by atoms with Crippen molar-refractivity contribution in [3.63, 3.8) is 0 Å². The maximum Gasteiger partial charge on any atom is 0.120 e. The van der Waals surface area contributed by atoms with Gasteiger partial charge < -0.3 is 10.1 Å². The molecule has 1 heterocycles. The highest BCUT2D eigenvalue weighted by molar-refractivity contribution is 5.29. The summed E-state index contributed by atoms with van der Waals surface area (Å²) in [4.78, 5) is 0. The molecule has 2 rings (SSSR count). The van der Waals surface area contributed by atoms with E-state index >= 15 is 0 Å². The topological polar surface area (TPSA) is 39.1 Å². The maximum atomic E-state index is 5.85. The normalized spacial score (nSPS) is 13.1. The van der Waals surface area contributed by atoms with Crippen molar-refractivity contribution < 1.29 is 4.74 Å². The van der Waals surface area contributed by atoms with Gasteiger partial charge in [-0.25, -0.2) is 0 Å². The highest BCUT2D eigenvalue weighted by Crippen LogP contribution is 2.21. The molecule has 0 aliphatic rings. The van der Waals surface area contributed by atoms with E-state index in [1.54, 1.807) is 0 Å². The Morgan fingerprint density at radius 2 is 1.95 bits per heavy atom. The van der Waals surface area contributed by atoms with Gasteiger partial charge in [-0.3, -0.25) is 4.68 Å². The Morgan fingerprint density at radius 3 is 2.55 bits per heavy atom. The van der Waals surface area contributed by atoms with Crippen LogP contribution in [0.2, 0.25) is 0 Å². The molecular formula is C18H27N3O. The van der Waals surface area contributed by atoms with E-state index in [1.807, 2.05) is 35.3 Å². The number of nitrogens with one attached hydrogen (secondary N) is 1. The fourth-order valence-electron chi connectivity index (χ4n) is 2.29. The first-order valence-corrected chi connectivity index (χ1v) is 7.94. The summed E-state index contributed by atoms with van der Waals surface area (Å²) in [7, 11) is 0. The van der Waals surface area contributed by atoms with Gasteiger partial charge in [-0.2, -0.15) is 5.10 Å². The lowest BCUT2D eigenvalue weighted by molar-refractivity contribution is 0.131. The molecule has 1 atom stereocenters. The molecule has 0 fully saturated rings. The van der Waals surface area contributed by atoms with Gasteiger partial charge >= 0.3 is 0 Å². The Kier molecular flexibility index (Phi) is 5.61. The van der Waals surface area contributed by atoms with Crippen molar-refractivity contribution in [3.05, 3.63) is 48.3 Å². The predicted octanol–water partition coefficient (Wildman–Crippen LogP) is 3.80. The first-order valence-electron chi connectivity index (χ1n) is 7.94. The van der Waals surface area contributed by atoms with Gasteiger partial charge in [0.1, 0.15) is 11.4 Å². The highest BCUT2D eigenvalue weighted by atomic mass is 16.5. The lowest BCUT2D eigenvalue weighted by Crippen LogP contribution is -2.23. The van der Waals surface area contributed by atoms with Crippen molar-refractivity contribution >= 4 is 0 Å². The summed E-state index contributed by atoms with van der Waals surface area (Å²) in [6.45, 7) is 10.3.